The van der Waals surface area contributed by atoms with Crippen LogP contribution in [0.25, 0.3) is 0 Å². The zero-order valence-electron chi connectivity index (χ0n) is 16.3. The van der Waals surface area contributed by atoms with E-state index in [1.165, 1.54) is 6.92 Å². The Balaban J connectivity index is 3.18. The van der Waals surface area contributed by atoms with Crippen LogP contribution >= 0.6 is 0 Å². The minimum atomic E-state index is -0.925. The first-order valence-corrected chi connectivity index (χ1v) is 8.66. The van der Waals surface area contributed by atoms with Crippen molar-refractivity contribution >= 4 is 23.8 Å². The number of amides is 1. The first-order valence-electron chi connectivity index (χ1n) is 8.66. The van der Waals surface area contributed by atoms with Crippen molar-refractivity contribution in [2.24, 2.45) is 46.1 Å². The third kappa shape index (κ3) is 5.03. The molecule has 1 heterocycles. The van der Waals surface area contributed by atoms with Gasteiger partial charge >= 0.3 is 17.9 Å². The van der Waals surface area contributed by atoms with E-state index in [0.29, 0.717) is 6.42 Å². The summed E-state index contributed by atoms with van der Waals surface area (Å²) in [6.45, 7) is 10.9. The van der Waals surface area contributed by atoms with Gasteiger partial charge in [-0.15, -0.1) is 0 Å². The summed E-state index contributed by atoms with van der Waals surface area (Å²) in [4.78, 5) is 52.5. The number of hydrogen-bond acceptors (Lipinski definition) is 7. The molecule has 4 atom stereocenters. The molecule has 0 aromatic carbocycles. The zero-order valence-corrected chi connectivity index (χ0v) is 16.3. The topological polar surface area (TPSA) is 139 Å². The fourth-order valence-electron chi connectivity index (χ4n) is 3.71. The number of hydrogen-bond donors (Lipinski definition) is 2. The van der Waals surface area contributed by atoms with Crippen molar-refractivity contribution in [2.45, 2.75) is 54.4 Å². The van der Waals surface area contributed by atoms with Crippen molar-refractivity contribution in [2.75, 3.05) is 0 Å². The summed E-state index contributed by atoms with van der Waals surface area (Å²) in [6.07, 6.45) is 0.559. The molecule has 8 heteroatoms. The van der Waals surface area contributed by atoms with Gasteiger partial charge in [0.05, 0.1) is 17.8 Å². The average molecular weight is 370 g/mol. The van der Waals surface area contributed by atoms with Crippen LogP contribution < -0.4 is 11.6 Å². The Bertz CT molecular complexity index is 593. The number of nitrogens with two attached hydrogens (primary N) is 2. The summed E-state index contributed by atoms with van der Waals surface area (Å²) in [5.41, 5.74) is 4.31. The van der Waals surface area contributed by atoms with Crippen LogP contribution in [0.1, 0.15) is 54.4 Å². The van der Waals surface area contributed by atoms with Crippen LogP contribution in [0.2, 0.25) is 0 Å². The van der Waals surface area contributed by atoms with Crippen LogP contribution in [0.3, 0.4) is 0 Å². The summed E-state index contributed by atoms with van der Waals surface area (Å²) in [5.74, 6) is -0.730. The predicted molar refractivity (Wildman–Crippen MR) is 92.7 cm³/mol. The van der Waals surface area contributed by atoms with Crippen LogP contribution in [-0.2, 0) is 28.8 Å². The van der Waals surface area contributed by atoms with Crippen LogP contribution in [-0.4, -0.2) is 23.8 Å². The molecule has 1 aliphatic rings. The first kappa shape index (κ1) is 22.1. The molecule has 8 nitrogen and oxygen atoms in total. The number of carbonyl (C=O) groups is 4. The summed E-state index contributed by atoms with van der Waals surface area (Å²) >= 11 is 0. The van der Waals surface area contributed by atoms with Crippen LogP contribution in [0, 0.1) is 34.5 Å². The SMILES string of the molecule is CC(C(N)=O)C(CC(C)(C)C1C(=O)OC(=O)C1CC(C)(C)C)C(=O)ON. The van der Waals surface area contributed by atoms with Crippen LogP contribution in [0.15, 0.2) is 0 Å². The Morgan fingerprint density at radius 1 is 1.15 bits per heavy atom. The third-order valence-corrected chi connectivity index (χ3v) is 5.05. The normalized spacial score (nSPS) is 23.3. The van der Waals surface area contributed by atoms with Crippen molar-refractivity contribution in [3.8, 4) is 0 Å². The second-order valence-corrected chi connectivity index (χ2v) is 9.02. The largest absolute Gasteiger partial charge is 0.393 e. The molecule has 0 spiro atoms. The molecule has 4 unspecified atom stereocenters. The molecule has 0 saturated carbocycles. The number of esters is 2. The highest BCUT2D eigenvalue weighted by molar-refractivity contribution is 5.97. The molecule has 0 radical (unpaired) electrons. The summed E-state index contributed by atoms with van der Waals surface area (Å²) in [5, 5.41) is 0. The second kappa shape index (κ2) is 7.73. The Morgan fingerprint density at radius 2 is 1.69 bits per heavy atom. The average Bonchev–Trinajstić information content (AvgIpc) is 2.75. The predicted octanol–water partition coefficient (Wildman–Crippen LogP) is 1.31. The van der Waals surface area contributed by atoms with Crippen molar-refractivity contribution in [1.29, 1.82) is 0 Å². The lowest BCUT2D eigenvalue weighted by Crippen LogP contribution is -2.42. The Kier molecular flexibility index (Phi) is 6.57. The van der Waals surface area contributed by atoms with Gasteiger partial charge in [-0.1, -0.05) is 41.5 Å². The molecule has 148 valence electrons. The van der Waals surface area contributed by atoms with E-state index in [1.807, 2.05) is 20.8 Å². The Labute approximate surface area is 153 Å². The van der Waals surface area contributed by atoms with E-state index < -0.39 is 52.9 Å². The van der Waals surface area contributed by atoms with E-state index in [9.17, 15) is 19.2 Å². The molecule has 1 amide bonds. The minimum Gasteiger partial charge on any atom is -0.393 e. The van der Waals surface area contributed by atoms with Gasteiger partial charge in [0.2, 0.25) is 5.91 Å². The zero-order chi connectivity index (χ0) is 20.4. The van der Waals surface area contributed by atoms with E-state index in [-0.39, 0.29) is 11.8 Å². The highest BCUT2D eigenvalue weighted by atomic mass is 16.7. The summed E-state index contributed by atoms with van der Waals surface area (Å²) in [6, 6.07) is 0. The Morgan fingerprint density at radius 3 is 2.12 bits per heavy atom. The van der Waals surface area contributed by atoms with Crippen molar-refractivity contribution < 1.29 is 28.8 Å². The molecular weight excluding hydrogens is 340 g/mol. The maximum atomic E-state index is 12.4. The second-order valence-electron chi connectivity index (χ2n) is 9.02. The first-order chi connectivity index (χ1) is 11.7. The fourth-order valence-corrected chi connectivity index (χ4v) is 3.71. The Hall–Kier alpha value is -1.96. The maximum absolute atomic E-state index is 12.4. The van der Waals surface area contributed by atoms with E-state index in [1.54, 1.807) is 13.8 Å². The van der Waals surface area contributed by atoms with E-state index >= 15 is 0 Å². The van der Waals surface area contributed by atoms with Gasteiger partial charge in [-0.25, -0.2) is 0 Å². The third-order valence-electron chi connectivity index (χ3n) is 5.05. The lowest BCUT2D eigenvalue weighted by atomic mass is 9.64. The van der Waals surface area contributed by atoms with Crippen molar-refractivity contribution in [3.05, 3.63) is 0 Å². The lowest BCUT2D eigenvalue weighted by Gasteiger charge is -2.36. The van der Waals surface area contributed by atoms with Gasteiger partial charge in [-0.05, 0) is 23.7 Å². The highest BCUT2D eigenvalue weighted by Crippen LogP contribution is 2.47. The number of primary amides is 1. The molecule has 26 heavy (non-hydrogen) atoms. The van der Waals surface area contributed by atoms with Gasteiger partial charge < -0.3 is 15.3 Å². The molecule has 0 aliphatic carbocycles. The molecule has 1 aliphatic heterocycles. The van der Waals surface area contributed by atoms with E-state index in [0.717, 1.165) is 0 Å². The number of ether oxygens (including phenoxy) is 1. The molecule has 1 fully saturated rings. The fraction of sp³-hybridized carbons (Fsp3) is 0.778. The van der Waals surface area contributed by atoms with Gasteiger partial charge in [-0.3, -0.25) is 19.2 Å². The molecule has 1 saturated heterocycles. The molecule has 0 bridgehead atoms. The summed E-state index contributed by atoms with van der Waals surface area (Å²) in [7, 11) is 0. The van der Waals surface area contributed by atoms with Crippen LogP contribution in [0.5, 0.6) is 0 Å². The quantitative estimate of drug-likeness (QED) is 0.391. The van der Waals surface area contributed by atoms with E-state index in [4.69, 9.17) is 16.4 Å². The van der Waals surface area contributed by atoms with Gasteiger partial charge in [0.15, 0.2) is 0 Å². The molecule has 1 rings (SSSR count). The van der Waals surface area contributed by atoms with Crippen molar-refractivity contribution in [3.63, 3.8) is 0 Å². The van der Waals surface area contributed by atoms with E-state index in [2.05, 4.69) is 4.84 Å². The highest BCUT2D eigenvalue weighted by Gasteiger charge is 2.54. The number of rotatable bonds is 7. The number of cyclic esters (lactones) is 2. The van der Waals surface area contributed by atoms with Gasteiger partial charge in [0.25, 0.3) is 0 Å². The van der Waals surface area contributed by atoms with Crippen molar-refractivity contribution in [1.82, 2.24) is 0 Å². The number of carbonyl (C=O) groups excluding carboxylic acids is 4. The van der Waals surface area contributed by atoms with Gasteiger partial charge in [0.1, 0.15) is 0 Å². The minimum absolute atomic E-state index is 0.0980. The molecule has 0 aromatic rings. The maximum Gasteiger partial charge on any atom is 0.328 e. The molecule has 0 aromatic heterocycles. The lowest BCUT2D eigenvalue weighted by molar-refractivity contribution is -0.157. The standard InChI is InChI=1S/C18H30N2O6/c1-9(13(19)21)10(15(23)26-20)8-18(5,6)12-11(7-17(2,3)4)14(22)25-16(12)24/h9-12H,7-8,20H2,1-6H3,(H2,19,21). The molecular formula is C18H30N2O6. The van der Waals surface area contributed by atoms with Crippen LogP contribution in [0.4, 0.5) is 0 Å². The van der Waals surface area contributed by atoms with Gasteiger partial charge in [0, 0.05) is 5.92 Å². The smallest absolute Gasteiger partial charge is 0.328 e. The summed E-state index contributed by atoms with van der Waals surface area (Å²) < 4.78 is 4.88. The molecule has 4 N–H and O–H groups in total. The van der Waals surface area contributed by atoms with Gasteiger partial charge in [-0.2, -0.15) is 5.90 Å². The monoisotopic (exact) mass is 370 g/mol.